The zero-order chi connectivity index (χ0) is 12.3. The first-order chi connectivity index (χ1) is 8.20. The van der Waals surface area contributed by atoms with Crippen molar-refractivity contribution in [2.24, 2.45) is 0 Å². The molecule has 0 aliphatic rings. The molecule has 0 spiro atoms. The fourth-order valence-corrected chi connectivity index (χ4v) is 2.53. The molecule has 1 N–H and O–H groups in total. The lowest BCUT2D eigenvalue weighted by atomic mass is 10.3. The van der Waals surface area contributed by atoms with Crippen molar-refractivity contribution in [3.63, 3.8) is 0 Å². The third-order valence-electron chi connectivity index (χ3n) is 2.09. The summed E-state index contributed by atoms with van der Waals surface area (Å²) in [5.41, 5.74) is 1.68. The van der Waals surface area contributed by atoms with E-state index in [1.54, 1.807) is 12.4 Å². The first-order valence-electron chi connectivity index (χ1n) is 4.98. The van der Waals surface area contributed by atoms with Gasteiger partial charge in [0, 0.05) is 27.9 Å². The van der Waals surface area contributed by atoms with Crippen molar-refractivity contribution in [1.29, 1.82) is 0 Å². The van der Waals surface area contributed by atoms with Gasteiger partial charge in [-0.25, -0.2) is 9.97 Å². The van der Waals surface area contributed by atoms with Crippen LogP contribution in [0.15, 0.2) is 33.5 Å². The first-order valence-corrected chi connectivity index (χ1v) is 6.57. The van der Waals surface area contributed by atoms with Crippen LogP contribution in [0.2, 0.25) is 0 Å². The zero-order valence-corrected chi connectivity index (χ0v) is 12.3. The summed E-state index contributed by atoms with van der Waals surface area (Å²) in [6, 6.07) is 3.81. The monoisotopic (exact) mass is 356 g/mol. The fourth-order valence-electron chi connectivity index (χ4n) is 1.37. The Morgan fingerprint density at radius 3 is 2.82 bits per heavy atom. The molecule has 2 heterocycles. The predicted octanol–water partition coefficient (Wildman–Crippen LogP) is 2.78. The minimum atomic E-state index is 0.622. The summed E-state index contributed by atoms with van der Waals surface area (Å²) >= 11 is 6.82. The average molecular weight is 358 g/mol. The topological polar surface area (TPSA) is 50.7 Å². The SMILES string of the molecule is CNCc1ccnc(-c2ncc(Br)cc2Br)n1. The third kappa shape index (κ3) is 3.08. The van der Waals surface area contributed by atoms with E-state index in [1.807, 2.05) is 19.2 Å². The maximum absolute atomic E-state index is 4.44. The molecule has 6 heteroatoms. The van der Waals surface area contributed by atoms with Gasteiger partial charge >= 0.3 is 0 Å². The molecule has 0 aliphatic heterocycles. The van der Waals surface area contributed by atoms with Gasteiger partial charge in [-0.1, -0.05) is 0 Å². The molecule has 2 aromatic heterocycles. The van der Waals surface area contributed by atoms with Crippen molar-refractivity contribution in [3.05, 3.63) is 39.2 Å². The van der Waals surface area contributed by atoms with Gasteiger partial charge in [0.2, 0.25) is 0 Å². The molecular formula is C11H10Br2N4. The van der Waals surface area contributed by atoms with Crippen LogP contribution in [-0.4, -0.2) is 22.0 Å². The summed E-state index contributed by atoms with van der Waals surface area (Å²) in [7, 11) is 1.88. The molecule has 2 aromatic rings. The normalized spacial score (nSPS) is 10.5. The van der Waals surface area contributed by atoms with Gasteiger partial charge in [0.05, 0.1) is 5.69 Å². The van der Waals surface area contributed by atoms with Crippen LogP contribution in [0.25, 0.3) is 11.5 Å². The number of nitrogens with zero attached hydrogens (tertiary/aromatic N) is 3. The highest BCUT2D eigenvalue weighted by molar-refractivity contribution is 9.11. The minimum Gasteiger partial charge on any atom is -0.314 e. The first kappa shape index (κ1) is 12.6. The predicted molar refractivity (Wildman–Crippen MR) is 73.4 cm³/mol. The zero-order valence-electron chi connectivity index (χ0n) is 9.11. The van der Waals surface area contributed by atoms with Gasteiger partial charge in [-0.05, 0) is 51.0 Å². The second-order valence-electron chi connectivity index (χ2n) is 3.39. The summed E-state index contributed by atoms with van der Waals surface area (Å²) in [4.78, 5) is 13.0. The standard InChI is InChI=1S/C11H10Br2N4/c1-14-6-8-2-3-15-11(17-8)10-9(13)4-7(12)5-16-10/h2-5,14H,6H2,1H3. The number of aromatic nitrogens is 3. The van der Waals surface area contributed by atoms with Gasteiger partial charge in [0.25, 0.3) is 0 Å². The van der Waals surface area contributed by atoms with Crippen molar-refractivity contribution in [1.82, 2.24) is 20.3 Å². The van der Waals surface area contributed by atoms with E-state index in [4.69, 9.17) is 0 Å². The Morgan fingerprint density at radius 1 is 1.29 bits per heavy atom. The lowest BCUT2D eigenvalue weighted by Gasteiger charge is -2.04. The van der Waals surface area contributed by atoms with E-state index in [2.05, 4.69) is 52.1 Å². The molecule has 17 heavy (non-hydrogen) atoms. The molecule has 0 bridgehead atoms. The maximum atomic E-state index is 4.44. The summed E-state index contributed by atoms with van der Waals surface area (Å²) in [5.74, 6) is 0.622. The Morgan fingerprint density at radius 2 is 2.12 bits per heavy atom. The molecule has 0 aliphatic carbocycles. The summed E-state index contributed by atoms with van der Waals surface area (Å²) in [5, 5.41) is 3.06. The Balaban J connectivity index is 2.42. The van der Waals surface area contributed by atoms with Crippen LogP contribution in [0, 0.1) is 0 Å². The van der Waals surface area contributed by atoms with Crippen LogP contribution in [0.4, 0.5) is 0 Å². The summed E-state index contributed by atoms with van der Waals surface area (Å²) < 4.78 is 1.79. The molecule has 0 amide bonds. The third-order valence-corrected chi connectivity index (χ3v) is 3.13. The van der Waals surface area contributed by atoms with Gasteiger partial charge in [-0.3, -0.25) is 4.98 Å². The van der Waals surface area contributed by atoms with Crippen LogP contribution in [0.5, 0.6) is 0 Å². The number of halogens is 2. The smallest absolute Gasteiger partial charge is 0.179 e. The van der Waals surface area contributed by atoms with Crippen molar-refractivity contribution < 1.29 is 0 Å². The maximum Gasteiger partial charge on any atom is 0.179 e. The number of pyridine rings is 1. The van der Waals surface area contributed by atoms with Gasteiger partial charge in [-0.15, -0.1) is 0 Å². The van der Waals surface area contributed by atoms with E-state index in [1.165, 1.54) is 0 Å². The molecule has 4 nitrogen and oxygen atoms in total. The molecule has 0 saturated carbocycles. The van der Waals surface area contributed by atoms with E-state index < -0.39 is 0 Å². The number of nitrogens with one attached hydrogen (secondary N) is 1. The summed E-state index contributed by atoms with van der Waals surface area (Å²) in [6.45, 7) is 0.712. The van der Waals surface area contributed by atoms with Crippen LogP contribution in [0.3, 0.4) is 0 Å². The average Bonchev–Trinajstić information content (AvgIpc) is 2.29. The van der Waals surface area contributed by atoms with Gasteiger partial charge in [0.15, 0.2) is 5.82 Å². The number of hydrogen-bond donors (Lipinski definition) is 1. The molecule has 0 fully saturated rings. The van der Waals surface area contributed by atoms with E-state index in [0.29, 0.717) is 12.4 Å². The minimum absolute atomic E-state index is 0.622. The second-order valence-corrected chi connectivity index (χ2v) is 5.16. The highest BCUT2D eigenvalue weighted by Crippen LogP contribution is 2.25. The van der Waals surface area contributed by atoms with Crippen LogP contribution < -0.4 is 5.32 Å². The number of rotatable bonds is 3. The fraction of sp³-hybridized carbons (Fsp3) is 0.182. The molecule has 0 atom stereocenters. The molecular weight excluding hydrogens is 348 g/mol. The Hall–Kier alpha value is -0.850. The lowest BCUT2D eigenvalue weighted by Crippen LogP contribution is -2.08. The number of hydrogen-bond acceptors (Lipinski definition) is 4. The Labute approximate surface area is 116 Å². The van der Waals surface area contributed by atoms with Crippen molar-refractivity contribution >= 4 is 31.9 Å². The van der Waals surface area contributed by atoms with Crippen molar-refractivity contribution in [2.45, 2.75) is 6.54 Å². The van der Waals surface area contributed by atoms with E-state index in [0.717, 1.165) is 20.3 Å². The van der Waals surface area contributed by atoms with Crippen LogP contribution in [0.1, 0.15) is 5.69 Å². The quantitative estimate of drug-likeness (QED) is 0.917. The summed E-state index contributed by atoms with van der Waals surface area (Å²) in [6.07, 6.45) is 3.47. The lowest BCUT2D eigenvalue weighted by molar-refractivity contribution is 0.787. The van der Waals surface area contributed by atoms with E-state index >= 15 is 0 Å². The van der Waals surface area contributed by atoms with E-state index in [-0.39, 0.29) is 0 Å². The van der Waals surface area contributed by atoms with Crippen molar-refractivity contribution in [2.75, 3.05) is 7.05 Å². The molecule has 0 unspecified atom stereocenters. The van der Waals surface area contributed by atoms with Gasteiger partial charge < -0.3 is 5.32 Å². The Bertz CT molecular complexity index is 531. The van der Waals surface area contributed by atoms with E-state index in [9.17, 15) is 0 Å². The van der Waals surface area contributed by atoms with Crippen LogP contribution >= 0.6 is 31.9 Å². The molecule has 88 valence electrons. The highest BCUT2D eigenvalue weighted by Gasteiger charge is 2.08. The Kier molecular flexibility index (Phi) is 4.20. The molecule has 0 aromatic carbocycles. The molecule has 2 rings (SSSR count). The van der Waals surface area contributed by atoms with Crippen LogP contribution in [-0.2, 0) is 6.54 Å². The largest absolute Gasteiger partial charge is 0.314 e. The molecule has 0 radical (unpaired) electrons. The van der Waals surface area contributed by atoms with Gasteiger partial charge in [-0.2, -0.15) is 0 Å². The molecule has 0 saturated heterocycles. The second kappa shape index (κ2) is 5.66. The van der Waals surface area contributed by atoms with Crippen molar-refractivity contribution in [3.8, 4) is 11.5 Å². The van der Waals surface area contributed by atoms with Gasteiger partial charge in [0.1, 0.15) is 5.69 Å². The highest BCUT2D eigenvalue weighted by atomic mass is 79.9.